The average molecular weight is 367 g/mol. The van der Waals surface area contributed by atoms with Gasteiger partial charge in [0.25, 0.3) is 0 Å². The van der Waals surface area contributed by atoms with E-state index in [1.165, 1.54) is 18.3 Å². The summed E-state index contributed by atoms with van der Waals surface area (Å²) in [4.78, 5) is 10.4. The normalized spacial score (nSPS) is 18.5. The molecular weight excluding hydrogens is 348 g/mol. The number of allylic oxidation sites excluding steroid dienone is 2. The van der Waals surface area contributed by atoms with Crippen LogP contribution in [0.25, 0.3) is 11.4 Å². The van der Waals surface area contributed by atoms with E-state index in [0.717, 1.165) is 16.9 Å². The molecule has 4 heterocycles. The van der Waals surface area contributed by atoms with Crippen LogP contribution >= 0.6 is 0 Å². The summed E-state index contributed by atoms with van der Waals surface area (Å²) in [6, 6.07) is 4.52. The number of hydrazone groups is 1. The zero-order valence-electron chi connectivity index (χ0n) is 15.3. The molecular formula is C20H19F2N5. The topological polar surface area (TPSA) is 44.6 Å². The largest absolute Gasteiger partial charge is 0.330 e. The Bertz CT molecular complexity index is 996. The van der Waals surface area contributed by atoms with Crippen LogP contribution in [0, 0.1) is 19.7 Å². The van der Waals surface area contributed by atoms with E-state index in [-0.39, 0.29) is 17.6 Å². The maximum atomic E-state index is 14.3. The Morgan fingerprint density at radius 3 is 2.78 bits per heavy atom. The summed E-state index contributed by atoms with van der Waals surface area (Å²) in [5.41, 5.74) is 3.65. The number of halogens is 2. The first-order valence-corrected chi connectivity index (χ1v) is 8.77. The van der Waals surface area contributed by atoms with Crippen LogP contribution in [0.2, 0.25) is 0 Å². The van der Waals surface area contributed by atoms with E-state index in [1.54, 1.807) is 41.4 Å². The molecule has 0 amide bonds. The molecule has 0 radical (unpaired) electrons. The molecule has 2 aromatic rings. The molecule has 1 atom stereocenters. The van der Waals surface area contributed by atoms with E-state index in [2.05, 4.69) is 15.1 Å². The number of aryl methyl sites for hydroxylation is 2. The first-order chi connectivity index (χ1) is 13.0. The number of rotatable bonds is 3. The van der Waals surface area contributed by atoms with Gasteiger partial charge in [-0.3, -0.25) is 9.99 Å². The Balaban J connectivity index is 1.80. The Labute approximate surface area is 156 Å². The summed E-state index contributed by atoms with van der Waals surface area (Å²) in [7, 11) is 0. The van der Waals surface area contributed by atoms with Crippen molar-refractivity contribution in [3.05, 3.63) is 65.3 Å². The highest BCUT2D eigenvalue weighted by molar-refractivity contribution is 5.81. The number of nitrogens with zero attached hydrogens (tertiary/aromatic N) is 5. The molecule has 0 aromatic carbocycles. The number of aromatic nitrogens is 2. The molecule has 0 N–H and O–H groups in total. The van der Waals surface area contributed by atoms with Gasteiger partial charge in [0.05, 0.1) is 17.6 Å². The average Bonchev–Trinajstić information content (AvgIpc) is 3.06. The lowest BCUT2D eigenvalue weighted by Crippen LogP contribution is -2.37. The molecule has 0 aliphatic carbocycles. The Kier molecular flexibility index (Phi) is 4.22. The Morgan fingerprint density at radius 1 is 1.19 bits per heavy atom. The maximum Gasteiger partial charge on any atom is 0.151 e. The van der Waals surface area contributed by atoms with Crippen LogP contribution in [-0.2, 0) is 0 Å². The molecule has 2 aliphatic heterocycles. The number of hydrogen-bond donors (Lipinski definition) is 0. The number of fused-ring (bicyclic) bond motifs is 1. The molecule has 1 unspecified atom stereocenters. The lowest BCUT2D eigenvalue weighted by Gasteiger charge is -2.32. The number of hydrogen-bond acceptors (Lipinski definition) is 5. The van der Waals surface area contributed by atoms with Crippen molar-refractivity contribution in [1.82, 2.24) is 15.0 Å². The molecule has 0 fully saturated rings. The third kappa shape index (κ3) is 2.99. The summed E-state index contributed by atoms with van der Waals surface area (Å²) in [6.45, 7) is 6.30. The Morgan fingerprint density at radius 2 is 2.00 bits per heavy atom. The second-order valence-corrected chi connectivity index (χ2v) is 6.55. The summed E-state index contributed by atoms with van der Waals surface area (Å²) in [5, 5.41) is 6.12. The molecule has 0 bridgehead atoms. The predicted molar refractivity (Wildman–Crippen MR) is 101 cm³/mol. The third-order valence-corrected chi connectivity index (χ3v) is 4.68. The third-order valence-electron chi connectivity index (χ3n) is 4.68. The van der Waals surface area contributed by atoms with Gasteiger partial charge in [0.2, 0.25) is 0 Å². The van der Waals surface area contributed by atoms with Gasteiger partial charge in [-0.05, 0) is 50.6 Å². The van der Waals surface area contributed by atoms with Crippen LogP contribution in [0.15, 0.2) is 53.3 Å². The molecule has 0 saturated heterocycles. The van der Waals surface area contributed by atoms with E-state index < -0.39 is 5.82 Å². The van der Waals surface area contributed by atoms with E-state index in [4.69, 9.17) is 0 Å². The molecule has 0 spiro atoms. The number of pyridine rings is 2. The van der Waals surface area contributed by atoms with Crippen molar-refractivity contribution >= 4 is 11.9 Å². The van der Waals surface area contributed by atoms with Crippen LogP contribution in [0.4, 0.5) is 14.5 Å². The minimum absolute atomic E-state index is 0.184. The van der Waals surface area contributed by atoms with Crippen molar-refractivity contribution < 1.29 is 8.78 Å². The van der Waals surface area contributed by atoms with Gasteiger partial charge >= 0.3 is 0 Å². The number of likely N-dealkylation sites (N-methyl/N-ethyl adjacent to an activating group) is 1. The standard InChI is InChI=1S/C20H19F2N5/c1-4-27-18-7-14(21)11-26(19(18)10-24-27)17-8-16(23-9-12(17)2)20-15(22)6-5-13(3)25-20/h5-11,19H,4H2,1-3H3. The molecule has 138 valence electrons. The minimum atomic E-state index is -0.441. The fourth-order valence-electron chi connectivity index (χ4n) is 3.33. The van der Waals surface area contributed by atoms with Gasteiger partial charge in [0, 0.05) is 30.3 Å². The molecule has 27 heavy (non-hydrogen) atoms. The fraction of sp³-hybridized carbons (Fsp3) is 0.250. The zero-order chi connectivity index (χ0) is 19.1. The van der Waals surface area contributed by atoms with E-state index in [1.807, 2.05) is 13.8 Å². The summed E-state index contributed by atoms with van der Waals surface area (Å²) in [5.74, 6) is -0.800. The van der Waals surface area contributed by atoms with Crippen LogP contribution in [-0.4, -0.2) is 33.8 Å². The van der Waals surface area contributed by atoms with Crippen molar-refractivity contribution in [3.63, 3.8) is 0 Å². The van der Waals surface area contributed by atoms with Crippen LogP contribution < -0.4 is 4.90 Å². The van der Waals surface area contributed by atoms with Crippen LogP contribution in [0.5, 0.6) is 0 Å². The van der Waals surface area contributed by atoms with Gasteiger partial charge < -0.3 is 4.90 Å². The first-order valence-electron chi connectivity index (χ1n) is 8.77. The van der Waals surface area contributed by atoms with Gasteiger partial charge in [-0.1, -0.05) is 0 Å². The molecule has 0 saturated carbocycles. The zero-order valence-corrected chi connectivity index (χ0v) is 15.3. The van der Waals surface area contributed by atoms with Gasteiger partial charge in [0.1, 0.15) is 17.6 Å². The first kappa shape index (κ1) is 17.3. The number of anilines is 1. The SMILES string of the molecule is CCN1N=CC2C1=CC(F)=CN2c1cc(-c2nc(C)ccc2F)ncc1C. The summed E-state index contributed by atoms with van der Waals surface area (Å²) < 4.78 is 28.6. The molecule has 4 rings (SSSR count). The van der Waals surface area contributed by atoms with Crippen molar-refractivity contribution in [3.8, 4) is 11.4 Å². The highest BCUT2D eigenvalue weighted by atomic mass is 19.1. The smallest absolute Gasteiger partial charge is 0.151 e. The van der Waals surface area contributed by atoms with Crippen molar-refractivity contribution in [2.75, 3.05) is 11.4 Å². The lowest BCUT2D eigenvalue weighted by molar-refractivity contribution is 0.389. The van der Waals surface area contributed by atoms with Gasteiger partial charge in [-0.15, -0.1) is 0 Å². The molecule has 2 aromatic heterocycles. The second kappa shape index (κ2) is 6.57. The van der Waals surface area contributed by atoms with Gasteiger partial charge in [0.15, 0.2) is 5.82 Å². The molecule has 5 nitrogen and oxygen atoms in total. The predicted octanol–water partition coefficient (Wildman–Crippen LogP) is 4.10. The van der Waals surface area contributed by atoms with E-state index >= 15 is 0 Å². The highest BCUT2D eigenvalue weighted by Crippen LogP contribution is 2.35. The van der Waals surface area contributed by atoms with Crippen molar-refractivity contribution in [2.45, 2.75) is 26.8 Å². The fourth-order valence-corrected chi connectivity index (χ4v) is 3.33. The Hall–Kier alpha value is -3.09. The minimum Gasteiger partial charge on any atom is -0.330 e. The molecule has 2 aliphatic rings. The van der Waals surface area contributed by atoms with E-state index in [0.29, 0.717) is 17.9 Å². The maximum absolute atomic E-state index is 14.3. The van der Waals surface area contributed by atoms with Crippen LogP contribution in [0.3, 0.4) is 0 Å². The quantitative estimate of drug-likeness (QED) is 0.819. The monoisotopic (exact) mass is 367 g/mol. The highest BCUT2D eigenvalue weighted by Gasteiger charge is 2.33. The molecule has 7 heteroatoms. The second-order valence-electron chi connectivity index (χ2n) is 6.55. The van der Waals surface area contributed by atoms with Gasteiger partial charge in [-0.2, -0.15) is 5.10 Å². The van der Waals surface area contributed by atoms with E-state index in [9.17, 15) is 8.78 Å². The van der Waals surface area contributed by atoms with Crippen molar-refractivity contribution in [2.24, 2.45) is 5.10 Å². The summed E-state index contributed by atoms with van der Waals surface area (Å²) in [6.07, 6.45) is 6.37. The summed E-state index contributed by atoms with van der Waals surface area (Å²) >= 11 is 0. The van der Waals surface area contributed by atoms with Crippen molar-refractivity contribution in [1.29, 1.82) is 0 Å². The lowest BCUT2D eigenvalue weighted by atomic mass is 10.1. The van der Waals surface area contributed by atoms with Crippen LogP contribution in [0.1, 0.15) is 18.2 Å². The van der Waals surface area contributed by atoms with Gasteiger partial charge in [-0.25, -0.2) is 13.8 Å².